The third-order valence-corrected chi connectivity index (χ3v) is 12.5. The van der Waals surface area contributed by atoms with E-state index in [1.54, 1.807) is 0 Å². The fraction of sp³-hybridized carbons (Fsp3) is 0. The monoisotopic (exact) mass is 857 g/mol. The maximum atomic E-state index is 2.35. The number of anilines is 9. The molecule has 0 fully saturated rings. The molecule has 0 saturated heterocycles. The highest BCUT2D eigenvalue weighted by Gasteiger charge is 2.17. The maximum absolute atomic E-state index is 2.35. The number of fused-ring (bicyclic) bond motifs is 1. The fourth-order valence-corrected chi connectivity index (χ4v) is 9.10. The van der Waals surface area contributed by atoms with Gasteiger partial charge in [-0.2, -0.15) is 0 Å². The van der Waals surface area contributed by atoms with Gasteiger partial charge in [-0.1, -0.05) is 182 Å². The van der Waals surface area contributed by atoms with Crippen molar-refractivity contribution >= 4 is 62.0 Å². The summed E-state index contributed by atoms with van der Waals surface area (Å²) in [5.74, 6) is 0. The van der Waals surface area contributed by atoms with E-state index in [4.69, 9.17) is 0 Å². The smallest absolute Gasteiger partial charge is 0.0540 e. The van der Waals surface area contributed by atoms with Gasteiger partial charge in [-0.3, -0.25) is 0 Å². The average molecular weight is 858 g/mol. The van der Waals surface area contributed by atoms with Gasteiger partial charge in [0.05, 0.1) is 5.69 Å². The zero-order valence-electron chi connectivity index (χ0n) is 37.0. The van der Waals surface area contributed by atoms with Crippen LogP contribution < -0.4 is 14.7 Å². The zero-order valence-corrected chi connectivity index (χ0v) is 37.0. The lowest BCUT2D eigenvalue weighted by Crippen LogP contribution is -2.10. The Balaban J connectivity index is 0.823. The Hall–Kier alpha value is -8.92. The summed E-state index contributed by atoms with van der Waals surface area (Å²) in [5, 5.41) is 2.44. The predicted molar refractivity (Wildman–Crippen MR) is 284 cm³/mol. The van der Waals surface area contributed by atoms with E-state index in [2.05, 4.69) is 300 Å². The van der Waals surface area contributed by atoms with E-state index >= 15 is 0 Å². The molecule has 0 N–H and O–H groups in total. The van der Waals surface area contributed by atoms with Crippen LogP contribution in [-0.2, 0) is 0 Å². The van der Waals surface area contributed by atoms with Crippen molar-refractivity contribution in [1.82, 2.24) is 0 Å². The van der Waals surface area contributed by atoms with Crippen LogP contribution in [0.2, 0.25) is 0 Å². The standard InChI is InChI=1S/C64H47N3/c1-5-18-55(19-6-1)65(56-20-7-2-8-21-56)59-40-34-52(35-41-59)53-36-44-61(45-37-53)66(57-22-9-3-10-23-57)60-42-32-50(33-43-60)48-28-30-49(31-29-48)51-38-46-62(47-39-51)67(58-24-11-4-12-25-58)64-27-15-17-54-16-13-14-26-63(54)64/h1-47H. The van der Waals surface area contributed by atoms with Crippen molar-refractivity contribution < 1.29 is 0 Å². The van der Waals surface area contributed by atoms with E-state index in [0.29, 0.717) is 0 Å². The first kappa shape index (κ1) is 40.8. The number of para-hydroxylation sites is 4. The topological polar surface area (TPSA) is 9.72 Å². The Kier molecular flexibility index (Phi) is 11.4. The van der Waals surface area contributed by atoms with Crippen molar-refractivity contribution in [3.63, 3.8) is 0 Å². The summed E-state index contributed by atoms with van der Waals surface area (Å²) in [4.78, 5) is 6.96. The fourth-order valence-electron chi connectivity index (χ4n) is 9.10. The number of nitrogens with zero attached hydrogens (tertiary/aromatic N) is 3. The summed E-state index contributed by atoms with van der Waals surface area (Å²) in [6.45, 7) is 0. The Bertz CT molecular complexity index is 3290. The molecule has 0 saturated carbocycles. The lowest BCUT2D eigenvalue weighted by atomic mass is 9.99. The van der Waals surface area contributed by atoms with Crippen LogP contribution in [0.1, 0.15) is 0 Å². The summed E-state index contributed by atoms with van der Waals surface area (Å²) < 4.78 is 0. The van der Waals surface area contributed by atoms with Crippen LogP contribution in [0.15, 0.2) is 285 Å². The van der Waals surface area contributed by atoms with Crippen LogP contribution in [0.25, 0.3) is 44.2 Å². The van der Waals surface area contributed by atoms with E-state index in [1.165, 1.54) is 44.2 Å². The quantitative estimate of drug-likeness (QED) is 0.121. The molecule has 11 rings (SSSR count). The van der Waals surface area contributed by atoms with Crippen molar-refractivity contribution in [3.05, 3.63) is 285 Å². The second-order valence-electron chi connectivity index (χ2n) is 16.6. The molecule has 0 aliphatic carbocycles. The van der Waals surface area contributed by atoms with E-state index < -0.39 is 0 Å². The first-order valence-corrected chi connectivity index (χ1v) is 22.8. The first-order valence-electron chi connectivity index (χ1n) is 22.8. The maximum Gasteiger partial charge on any atom is 0.0540 e. The number of hydrogen-bond donors (Lipinski definition) is 0. The van der Waals surface area contributed by atoms with E-state index in [1.807, 2.05) is 0 Å². The number of rotatable bonds is 12. The third-order valence-electron chi connectivity index (χ3n) is 12.5. The predicted octanol–water partition coefficient (Wildman–Crippen LogP) is 18.3. The van der Waals surface area contributed by atoms with Gasteiger partial charge in [-0.15, -0.1) is 0 Å². The molecule has 0 aromatic heterocycles. The van der Waals surface area contributed by atoms with Crippen molar-refractivity contribution in [3.8, 4) is 33.4 Å². The van der Waals surface area contributed by atoms with Crippen molar-refractivity contribution in [2.24, 2.45) is 0 Å². The summed E-state index contributed by atoms with van der Waals surface area (Å²) in [5.41, 5.74) is 17.1. The first-order chi connectivity index (χ1) is 33.2. The number of benzene rings is 11. The van der Waals surface area contributed by atoms with Gasteiger partial charge in [0.15, 0.2) is 0 Å². The van der Waals surface area contributed by atoms with Crippen molar-refractivity contribution in [2.75, 3.05) is 14.7 Å². The highest BCUT2D eigenvalue weighted by Crippen LogP contribution is 2.41. The molecule has 3 nitrogen and oxygen atoms in total. The molecule has 11 aromatic carbocycles. The second kappa shape index (κ2) is 18.7. The van der Waals surface area contributed by atoms with Crippen LogP contribution in [0.5, 0.6) is 0 Å². The molecule has 67 heavy (non-hydrogen) atoms. The molecular formula is C64H47N3. The minimum atomic E-state index is 1.10. The molecule has 11 aromatic rings. The molecule has 3 heteroatoms. The Morgan fingerprint density at radius 1 is 0.164 bits per heavy atom. The highest BCUT2D eigenvalue weighted by atomic mass is 15.2. The zero-order chi connectivity index (χ0) is 44.8. The molecule has 0 unspecified atom stereocenters. The normalized spacial score (nSPS) is 11.0. The molecule has 0 aliphatic rings. The molecule has 318 valence electrons. The minimum Gasteiger partial charge on any atom is -0.311 e. The van der Waals surface area contributed by atoms with Crippen molar-refractivity contribution in [1.29, 1.82) is 0 Å². The molecule has 0 atom stereocenters. The van der Waals surface area contributed by atoms with Crippen LogP contribution in [0.3, 0.4) is 0 Å². The summed E-state index contributed by atoms with van der Waals surface area (Å²) in [6, 6.07) is 102. The molecule has 0 spiro atoms. The Labute approximate surface area is 393 Å². The largest absolute Gasteiger partial charge is 0.311 e. The van der Waals surface area contributed by atoms with Crippen LogP contribution in [0.4, 0.5) is 51.2 Å². The lowest BCUT2D eigenvalue weighted by molar-refractivity contribution is 1.28. The second-order valence-corrected chi connectivity index (χ2v) is 16.6. The van der Waals surface area contributed by atoms with Crippen molar-refractivity contribution in [2.45, 2.75) is 0 Å². The SMILES string of the molecule is c1ccc(N(c2ccccc2)c2ccc(-c3ccc(N(c4ccccc4)c4ccc(-c5ccc(-c6ccc(N(c7ccccc7)c7cccc8ccccc78)cc6)cc5)cc4)cc3)cc2)cc1. The third kappa shape index (κ3) is 8.58. The van der Waals surface area contributed by atoms with Gasteiger partial charge < -0.3 is 14.7 Å². The summed E-state index contributed by atoms with van der Waals surface area (Å²) in [6.07, 6.45) is 0. The Morgan fingerprint density at radius 3 is 0.746 bits per heavy atom. The lowest BCUT2D eigenvalue weighted by Gasteiger charge is -2.27. The van der Waals surface area contributed by atoms with E-state index in [0.717, 1.165) is 51.2 Å². The van der Waals surface area contributed by atoms with E-state index in [-0.39, 0.29) is 0 Å². The summed E-state index contributed by atoms with van der Waals surface area (Å²) >= 11 is 0. The Morgan fingerprint density at radius 2 is 0.403 bits per heavy atom. The minimum absolute atomic E-state index is 1.10. The molecule has 0 aliphatic heterocycles. The summed E-state index contributed by atoms with van der Waals surface area (Å²) in [7, 11) is 0. The molecule has 0 bridgehead atoms. The van der Waals surface area contributed by atoms with Gasteiger partial charge in [0.1, 0.15) is 0 Å². The molecule has 0 amide bonds. The molecular weight excluding hydrogens is 811 g/mol. The van der Waals surface area contributed by atoms with Gasteiger partial charge in [0.25, 0.3) is 0 Å². The van der Waals surface area contributed by atoms with Gasteiger partial charge in [0, 0.05) is 50.9 Å². The van der Waals surface area contributed by atoms with Crippen LogP contribution in [-0.4, -0.2) is 0 Å². The van der Waals surface area contributed by atoms with Crippen LogP contribution in [0, 0.1) is 0 Å². The van der Waals surface area contributed by atoms with Gasteiger partial charge in [-0.25, -0.2) is 0 Å². The van der Waals surface area contributed by atoms with Crippen LogP contribution >= 0.6 is 0 Å². The van der Waals surface area contributed by atoms with Gasteiger partial charge in [0.2, 0.25) is 0 Å². The van der Waals surface area contributed by atoms with Gasteiger partial charge in [-0.05, 0) is 142 Å². The molecule has 0 heterocycles. The average Bonchev–Trinajstić information content (AvgIpc) is 3.41. The van der Waals surface area contributed by atoms with E-state index in [9.17, 15) is 0 Å². The molecule has 0 radical (unpaired) electrons. The highest BCUT2D eigenvalue weighted by molar-refractivity contribution is 5.99. The van der Waals surface area contributed by atoms with Gasteiger partial charge >= 0.3 is 0 Å². The number of hydrogen-bond acceptors (Lipinski definition) is 3.